The number of H-pyrrole nitrogens is 1. The topological polar surface area (TPSA) is 169 Å². The number of rotatable bonds is 11. The van der Waals surface area contributed by atoms with Gasteiger partial charge in [0.05, 0.1) is 13.2 Å². The first-order chi connectivity index (χ1) is 25.8. The number of benzene rings is 2. The van der Waals surface area contributed by atoms with Crippen molar-refractivity contribution in [2.24, 2.45) is 17.6 Å². The number of carbonyl (C=O) groups excluding carboxylic acids is 3. The minimum atomic E-state index is -0.965. The van der Waals surface area contributed by atoms with Gasteiger partial charge in [0.2, 0.25) is 17.1 Å². The molecule has 286 valence electrons. The van der Waals surface area contributed by atoms with Gasteiger partial charge in [0.15, 0.2) is 5.82 Å². The quantitative estimate of drug-likeness (QED) is 0.164. The van der Waals surface area contributed by atoms with Crippen molar-refractivity contribution in [2.45, 2.75) is 71.4 Å². The Morgan fingerprint density at radius 2 is 1.76 bits per heavy atom. The van der Waals surface area contributed by atoms with Crippen molar-refractivity contribution in [1.29, 1.82) is 0 Å². The van der Waals surface area contributed by atoms with Crippen LogP contribution in [0.25, 0.3) is 22.5 Å². The van der Waals surface area contributed by atoms with E-state index in [1.165, 1.54) is 0 Å². The fourth-order valence-electron chi connectivity index (χ4n) is 7.18. The number of hydrogen-bond donors (Lipinski definition) is 3. The molecule has 0 spiro atoms. The zero-order valence-corrected chi connectivity index (χ0v) is 32.1. The predicted octanol–water partition coefficient (Wildman–Crippen LogP) is 6.09. The first kappa shape index (κ1) is 38.7. The molecule has 6 rings (SSSR count). The van der Waals surface area contributed by atoms with E-state index in [-0.39, 0.29) is 29.4 Å². The molecule has 0 bridgehead atoms. The van der Waals surface area contributed by atoms with Crippen LogP contribution in [0.4, 0.5) is 16.3 Å². The Hall–Kier alpha value is -5.01. The second-order valence-electron chi connectivity index (χ2n) is 15.1. The second-order valence-corrected chi connectivity index (χ2v) is 15.5. The molecule has 3 amide bonds. The number of nitrogens with two attached hydrogens (primary N) is 1. The van der Waals surface area contributed by atoms with Gasteiger partial charge in [-0.15, -0.1) is 10.2 Å². The minimum absolute atomic E-state index is 0.164. The van der Waals surface area contributed by atoms with Crippen LogP contribution in [0.1, 0.15) is 57.6 Å². The highest BCUT2D eigenvalue weighted by atomic mass is 35.5. The number of aromatic nitrogens is 4. The minimum Gasteiger partial charge on any atom is -0.444 e. The van der Waals surface area contributed by atoms with E-state index in [0.717, 1.165) is 59.6 Å². The Kier molecular flexibility index (Phi) is 12.2. The van der Waals surface area contributed by atoms with Gasteiger partial charge in [0.1, 0.15) is 17.5 Å². The molecule has 0 unspecified atom stereocenters. The molecule has 2 aromatic carbocycles. The molecule has 4 aromatic rings. The van der Waals surface area contributed by atoms with Crippen molar-refractivity contribution in [3.8, 4) is 22.5 Å². The first-order valence-electron chi connectivity index (χ1n) is 18.5. The van der Waals surface area contributed by atoms with Crippen molar-refractivity contribution >= 4 is 41.0 Å². The molecule has 1 atom stereocenters. The van der Waals surface area contributed by atoms with Crippen LogP contribution in [0, 0.1) is 18.8 Å². The standard InChI is InChI=1S/C40H49ClN8O5/c1-25-20-34(48-16-18-53-19-17-48)43-24-32(25)30-7-5-6-27(21-30)22-33(35(42)50)49(31-14-12-28(13-15-31)36-45-38(41)47-46-36)37(51)29-10-8-26(9-11-29)23-44-39(52)54-40(2,3)4/h5-7,12-15,20-21,24,26,29,33H,8-11,16-19,22-23H2,1-4H3,(H2,42,50)(H,44,52)(H,45,46,47)/t26-,29-,33-/m0/s1. The Morgan fingerprint density at radius 1 is 1.04 bits per heavy atom. The summed E-state index contributed by atoms with van der Waals surface area (Å²) in [5.74, 6) is 0.504. The molecular formula is C40H49ClN8O5. The molecule has 2 aliphatic rings. The first-order valence-corrected chi connectivity index (χ1v) is 18.9. The van der Waals surface area contributed by atoms with E-state index in [1.807, 2.05) is 51.2 Å². The number of pyridine rings is 1. The number of alkyl carbamates (subject to hydrolysis) is 1. The SMILES string of the molecule is Cc1cc(N2CCOCC2)ncc1-c1cccc(C[C@@H](C(N)=O)N(c2ccc(-c3nnc(Cl)[nH]3)cc2)C(=O)[C@H]2CC[C@H](CNC(=O)OC(C)(C)C)CC2)c1. The number of halogens is 1. The van der Waals surface area contributed by atoms with Crippen molar-refractivity contribution in [3.05, 3.63) is 77.2 Å². The van der Waals surface area contributed by atoms with E-state index >= 15 is 0 Å². The monoisotopic (exact) mass is 756 g/mol. The van der Waals surface area contributed by atoms with Gasteiger partial charge in [0.25, 0.3) is 0 Å². The van der Waals surface area contributed by atoms with Crippen molar-refractivity contribution in [3.63, 3.8) is 0 Å². The van der Waals surface area contributed by atoms with Crippen LogP contribution in [-0.2, 0) is 25.5 Å². The Balaban J connectivity index is 1.23. The summed E-state index contributed by atoms with van der Waals surface area (Å²) in [6, 6.07) is 16.3. The number of nitrogens with zero attached hydrogens (tertiary/aromatic N) is 5. The maximum atomic E-state index is 14.6. The number of carbonyl (C=O) groups is 3. The normalized spacial score (nSPS) is 18.1. The number of nitrogens with one attached hydrogen (secondary N) is 2. The van der Waals surface area contributed by atoms with E-state index in [1.54, 1.807) is 29.2 Å². The van der Waals surface area contributed by atoms with Crippen LogP contribution in [0.2, 0.25) is 5.28 Å². The maximum absolute atomic E-state index is 14.6. The molecule has 2 aromatic heterocycles. The summed E-state index contributed by atoms with van der Waals surface area (Å²) in [7, 11) is 0. The number of primary amides is 1. The lowest BCUT2D eigenvalue weighted by Gasteiger charge is -2.36. The number of anilines is 2. The van der Waals surface area contributed by atoms with Gasteiger partial charge in [-0.1, -0.05) is 24.3 Å². The highest BCUT2D eigenvalue weighted by Gasteiger charge is 2.36. The summed E-state index contributed by atoms with van der Waals surface area (Å²) < 4.78 is 10.9. The van der Waals surface area contributed by atoms with Crippen LogP contribution in [0.3, 0.4) is 0 Å². The fourth-order valence-corrected chi connectivity index (χ4v) is 7.31. The lowest BCUT2D eigenvalue weighted by Crippen LogP contribution is -2.52. The molecule has 1 aliphatic carbocycles. The van der Waals surface area contributed by atoms with Crippen molar-refractivity contribution in [2.75, 3.05) is 42.6 Å². The van der Waals surface area contributed by atoms with Crippen LogP contribution in [-0.4, -0.2) is 82.6 Å². The number of amides is 3. The van der Waals surface area contributed by atoms with Crippen LogP contribution in [0.15, 0.2) is 60.8 Å². The highest BCUT2D eigenvalue weighted by molar-refractivity contribution is 6.28. The van der Waals surface area contributed by atoms with Crippen LogP contribution < -0.4 is 20.9 Å². The molecule has 54 heavy (non-hydrogen) atoms. The van der Waals surface area contributed by atoms with E-state index in [2.05, 4.69) is 38.4 Å². The summed E-state index contributed by atoms with van der Waals surface area (Å²) in [5, 5.41) is 10.9. The van der Waals surface area contributed by atoms with Crippen LogP contribution >= 0.6 is 11.6 Å². The average molecular weight is 757 g/mol. The smallest absolute Gasteiger partial charge is 0.407 e. The lowest BCUT2D eigenvalue weighted by atomic mass is 9.81. The molecule has 0 radical (unpaired) electrons. The lowest BCUT2D eigenvalue weighted by molar-refractivity contribution is -0.127. The van der Waals surface area contributed by atoms with Gasteiger partial charge in [-0.25, -0.2) is 9.78 Å². The summed E-state index contributed by atoms with van der Waals surface area (Å²) in [6.45, 7) is 11.0. The van der Waals surface area contributed by atoms with E-state index in [4.69, 9.17) is 31.8 Å². The zero-order chi connectivity index (χ0) is 38.4. The molecule has 1 saturated carbocycles. The zero-order valence-electron chi connectivity index (χ0n) is 31.3. The Morgan fingerprint density at radius 3 is 2.39 bits per heavy atom. The second kappa shape index (κ2) is 17.0. The van der Waals surface area contributed by atoms with Gasteiger partial charge < -0.3 is 30.4 Å². The summed E-state index contributed by atoms with van der Waals surface area (Å²) in [6.07, 6.45) is 4.35. The number of ether oxygens (including phenoxy) is 2. The van der Waals surface area contributed by atoms with E-state index < -0.39 is 23.6 Å². The summed E-state index contributed by atoms with van der Waals surface area (Å²) in [5.41, 5.74) is 10.7. The molecule has 3 heterocycles. The molecule has 4 N–H and O–H groups in total. The number of aromatic amines is 1. The number of hydrogen-bond acceptors (Lipinski definition) is 9. The summed E-state index contributed by atoms with van der Waals surface area (Å²) in [4.78, 5) is 51.7. The molecule has 1 saturated heterocycles. The average Bonchev–Trinajstić information content (AvgIpc) is 3.60. The molecular weight excluding hydrogens is 708 g/mol. The molecule has 14 heteroatoms. The fraction of sp³-hybridized carbons (Fsp3) is 0.450. The highest BCUT2D eigenvalue weighted by Crippen LogP contribution is 2.34. The molecule has 2 fully saturated rings. The molecule has 13 nitrogen and oxygen atoms in total. The van der Waals surface area contributed by atoms with Crippen molar-refractivity contribution < 1.29 is 23.9 Å². The maximum Gasteiger partial charge on any atom is 0.407 e. The third-order valence-corrected chi connectivity index (χ3v) is 10.2. The van der Waals surface area contributed by atoms with Gasteiger partial charge in [-0.05, 0) is 118 Å². The van der Waals surface area contributed by atoms with E-state index in [9.17, 15) is 14.4 Å². The van der Waals surface area contributed by atoms with Gasteiger partial charge in [-0.3, -0.25) is 14.5 Å². The summed E-state index contributed by atoms with van der Waals surface area (Å²) >= 11 is 5.97. The third-order valence-electron chi connectivity index (χ3n) is 9.98. The van der Waals surface area contributed by atoms with Crippen molar-refractivity contribution in [1.82, 2.24) is 25.5 Å². The number of morpholine rings is 1. The largest absolute Gasteiger partial charge is 0.444 e. The van der Waals surface area contributed by atoms with Gasteiger partial charge in [0, 0.05) is 55.0 Å². The predicted molar refractivity (Wildman–Crippen MR) is 208 cm³/mol. The Bertz CT molecular complexity index is 1930. The third kappa shape index (κ3) is 9.74. The molecule has 1 aliphatic heterocycles. The number of aryl methyl sites for hydroxylation is 1. The van der Waals surface area contributed by atoms with E-state index in [0.29, 0.717) is 44.1 Å². The van der Waals surface area contributed by atoms with Gasteiger partial charge in [-0.2, -0.15) is 0 Å². The van der Waals surface area contributed by atoms with Gasteiger partial charge >= 0.3 is 6.09 Å². The Labute approximate surface area is 321 Å². The van der Waals surface area contributed by atoms with Crippen LogP contribution in [0.5, 0.6) is 0 Å².